The number of aryl methyl sites for hydroxylation is 1. The SMILES string of the molecule is CCc1cn(C2C=CCC2)nn1. The van der Waals surface area contributed by atoms with Crippen molar-refractivity contribution in [2.75, 3.05) is 0 Å². The summed E-state index contributed by atoms with van der Waals surface area (Å²) in [5, 5.41) is 8.14. The van der Waals surface area contributed by atoms with Gasteiger partial charge in [0.25, 0.3) is 0 Å². The fourth-order valence-corrected chi connectivity index (χ4v) is 1.47. The lowest BCUT2D eigenvalue weighted by atomic mass is 10.3. The van der Waals surface area contributed by atoms with Crippen LogP contribution >= 0.6 is 0 Å². The maximum absolute atomic E-state index is 4.08. The van der Waals surface area contributed by atoms with Crippen molar-refractivity contribution >= 4 is 0 Å². The molecule has 0 N–H and O–H groups in total. The lowest BCUT2D eigenvalue weighted by Crippen LogP contribution is -2.03. The van der Waals surface area contributed by atoms with E-state index in [2.05, 4.69) is 29.4 Å². The highest BCUT2D eigenvalue weighted by Gasteiger charge is 2.12. The molecule has 0 radical (unpaired) electrons. The van der Waals surface area contributed by atoms with E-state index in [0.29, 0.717) is 6.04 Å². The Kier molecular flexibility index (Phi) is 1.94. The van der Waals surface area contributed by atoms with E-state index in [4.69, 9.17) is 0 Å². The second-order valence-electron chi connectivity index (χ2n) is 3.12. The van der Waals surface area contributed by atoms with Crippen LogP contribution in [0.15, 0.2) is 18.3 Å². The molecule has 0 fully saturated rings. The van der Waals surface area contributed by atoms with Crippen LogP contribution in [0.4, 0.5) is 0 Å². The Bertz CT molecular complexity index is 288. The van der Waals surface area contributed by atoms with Gasteiger partial charge in [-0.1, -0.05) is 24.3 Å². The summed E-state index contributed by atoms with van der Waals surface area (Å²) >= 11 is 0. The van der Waals surface area contributed by atoms with E-state index in [-0.39, 0.29) is 0 Å². The van der Waals surface area contributed by atoms with Gasteiger partial charge in [0.1, 0.15) is 0 Å². The number of nitrogens with zero attached hydrogens (tertiary/aromatic N) is 3. The Morgan fingerprint density at radius 1 is 1.67 bits per heavy atom. The Morgan fingerprint density at radius 3 is 3.17 bits per heavy atom. The summed E-state index contributed by atoms with van der Waals surface area (Å²) in [5.74, 6) is 0. The quantitative estimate of drug-likeness (QED) is 0.622. The molecule has 0 aromatic carbocycles. The first-order valence-corrected chi connectivity index (χ1v) is 4.47. The summed E-state index contributed by atoms with van der Waals surface area (Å²) in [5.41, 5.74) is 1.08. The van der Waals surface area contributed by atoms with Crippen LogP contribution in [-0.2, 0) is 6.42 Å². The molecule has 64 valence electrons. The molecule has 1 aromatic rings. The minimum atomic E-state index is 0.456. The van der Waals surface area contributed by atoms with Gasteiger partial charge in [0, 0.05) is 6.20 Å². The molecule has 0 saturated carbocycles. The van der Waals surface area contributed by atoms with E-state index in [0.717, 1.165) is 12.1 Å². The molecule has 1 aliphatic rings. The number of hydrogen-bond donors (Lipinski definition) is 0. The van der Waals surface area contributed by atoms with Crippen molar-refractivity contribution < 1.29 is 0 Å². The number of allylic oxidation sites excluding steroid dienone is 2. The molecule has 1 aromatic heterocycles. The van der Waals surface area contributed by atoms with Crippen molar-refractivity contribution in [2.45, 2.75) is 32.2 Å². The van der Waals surface area contributed by atoms with Crippen LogP contribution in [0.25, 0.3) is 0 Å². The minimum absolute atomic E-state index is 0.456. The average molecular weight is 163 g/mol. The zero-order valence-corrected chi connectivity index (χ0v) is 7.27. The molecule has 0 amide bonds. The van der Waals surface area contributed by atoms with Gasteiger partial charge in [0.15, 0.2) is 0 Å². The van der Waals surface area contributed by atoms with Gasteiger partial charge in [-0.05, 0) is 19.3 Å². The average Bonchev–Trinajstić information content (AvgIpc) is 2.75. The van der Waals surface area contributed by atoms with Crippen molar-refractivity contribution in [2.24, 2.45) is 0 Å². The molecule has 0 spiro atoms. The molecule has 1 atom stereocenters. The normalized spacial score (nSPS) is 21.9. The molecule has 1 aliphatic carbocycles. The monoisotopic (exact) mass is 163 g/mol. The highest BCUT2D eigenvalue weighted by Crippen LogP contribution is 2.21. The summed E-state index contributed by atoms with van der Waals surface area (Å²) < 4.78 is 1.96. The predicted octanol–water partition coefficient (Wildman–Crippen LogP) is 1.73. The zero-order chi connectivity index (χ0) is 8.39. The fraction of sp³-hybridized carbons (Fsp3) is 0.556. The third kappa shape index (κ3) is 1.26. The number of aromatic nitrogens is 3. The molecule has 0 saturated heterocycles. The Labute approximate surface area is 72.1 Å². The maximum Gasteiger partial charge on any atom is 0.0824 e. The van der Waals surface area contributed by atoms with Gasteiger partial charge in [-0.15, -0.1) is 5.10 Å². The van der Waals surface area contributed by atoms with Crippen LogP contribution < -0.4 is 0 Å². The molecular weight excluding hydrogens is 150 g/mol. The molecule has 3 heteroatoms. The first-order valence-electron chi connectivity index (χ1n) is 4.47. The third-order valence-corrected chi connectivity index (χ3v) is 2.25. The topological polar surface area (TPSA) is 30.7 Å². The standard InChI is InChI=1S/C9H13N3/c1-2-8-7-12(11-10-8)9-5-3-4-6-9/h3,5,7,9H,2,4,6H2,1H3. The molecule has 3 nitrogen and oxygen atoms in total. The largest absolute Gasteiger partial charge is 0.245 e. The van der Waals surface area contributed by atoms with Crippen LogP contribution in [-0.4, -0.2) is 15.0 Å². The van der Waals surface area contributed by atoms with Crippen molar-refractivity contribution in [3.8, 4) is 0 Å². The summed E-state index contributed by atoms with van der Waals surface area (Å²) in [4.78, 5) is 0. The van der Waals surface area contributed by atoms with E-state index in [1.807, 2.05) is 10.9 Å². The molecule has 0 aliphatic heterocycles. The van der Waals surface area contributed by atoms with Gasteiger partial charge in [0.05, 0.1) is 11.7 Å². The Balaban J connectivity index is 2.16. The van der Waals surface area contributed by atoms with Crippen molar-refractivity contribution in [1.29, 1.82) is 0 Å². The van der Waals surface area contributed by atoms with Crippen LogP contribution in [0.1, 0.15) is 31.5 Å². The Morgan fingerprint density at radius 2 is 2.58 bits per heavy atom. The van der Waals surface area contributed by atoms with Crippen LogP contribution in [0.5, 0.6) is 0 Å². The molecule has 12 heavy (non-hydrogen) atoms. The lowest BCUT2D eigenvalue weighted by Gasteiger charge is -2.04. The van der Waals surface area contributed by atoms with E-state index in [9.17, 15) is 0 Å². The van der Waals surface area contributed by atoms with Gasteiger partial charge in [-0.3, -0.25) is 0 Å². The number of hydrogen-bond acceptors (Lipinski definition) is 2. The van der Waals surface area contributed by atoms with E-state index in [1.165, 1.54) is 12.8 Å². The molecule has 2 rings (SSSR count). The van der Waals surface area contributed by atoms with Gasteiger partial charge in [-0.2, -0.15) is 0 Å². The summed E-state index contributed by atoms with van der Waals surface area (Å²) in [6, 6.07) is 0.456. The van der Waals surface area contributed by atoms with Crippen molar-refractivity contribution in [3.05, 3.63) is 24.0 Å². The highest BCUT2D eigenvalue weighted by atomic mass is 15.4. The van der Waals surface area contributed by atoms with Crippen molar-refractivity contribution in [3.63, 3.8) is 0 Å². The third-order valence-electron chi connectivity index (χ3n) is 2.25. The first-order chi connectivity index (χ1) is 5.90. The van der Waals surface area contributed by atoms with Gasteiger partial charge in [0.2, 0.25) is 0 Å². The smallest absolute Gasteiger partial charge is 0.0824 e. The van der Waals surface area contributed by atoms with E-state index in [1.54, 1.807) is 0 Å². The molecule has 0 bridgehead atoms. The highest BCUT2D eigenvalue weighted by molar-refractivity contribution is 5.02. The summed E-state index contributed by atoms with van der Waals surface area (Å²) in [6.45, 7) is 2.10. The fourth-order valence-electron chi connectivity index (χ4n) is 1.47. The second-order valence-corrected chi connectivity index (χ2v) is 3.12. The zero-order valence-electron chi connectivity index (χ0n) is 7.27. The Hall–Kier alpha value is -1.12. The maximum atomic E-state index is 4.08. The van der Waals surface area contributed by atoms with E-state index < -0.39 is 0 Å². The van der Waals surface area contributed by atoms with Crippen LogP contribution in [0.3, 0.4) is 0 Å². The molecular formula is C9H13N3. The first kappa shape index (κ1) is 7.53. The van der Waals surface area contributed by atoms with Crippen LogP contribution in [0, 0.1) is 0 Å². The second kappa shape index (κ2) is 3.09. The number of rotatable bonds is 2. The van der Waals surface area contributed by atoms with E-state index >= 15 is 0 Å². The summed E-state index contributed by atoms with van der Waals surface area (Å²) in [7, 11) is 0. The molecule has 1 heterocycles. The van der Waals surface area contributed by atoms with Gasteiger partial charge >= 0.3 is 0 Å². The van der Waals surface area contributed by atoms with Crippen LogP contribution in [0.2, 0.25) is 0 Å². The predicted molar refractivity (Wildman–Crippen MR) is 46.8 cm³/mol. The van der Waals surface area contributed by atoms with Crippen molar-refractivity contribution in [1.82, 2.24) is 15.0 Å². The minimum Gasteiger partial charge on any atom is -0.245 e. The van der Waals surface area contributed by atoms with Gasteiger partial charge < -0.3 is 0 Å². The molecule has 1 unspecified atom stereocenters. The van der Waals surface area contributed by atoms with Gasteiger partial charge in [-0.25, -0.2) is 4.68 Å². The summed E-state index contributed by atoms with van der Waals surface area (Å²) in [6.07, 6.45) is 9.77. The lowest BCUT2D eigenvalue weighted by molar-refractivity contribution is 0.512.